The Morgan fingerprint density at radius 1 is 0.939 bits per heavy atom. The topological polar surface area (TPSA) is 82.1 Å². The van der Waals surface area contributed by atoms with E-state index >= 15 is 0 Å². The summed E-state index contributed by atoms with van der Waals surface area (Å²) in [4.78, 5) is 40.2. The number of amides is 1. The molecule has 0 bridgehead atoms. The molecule has 0 unspecified atom stereocenters. The maximum atomic E-state index is 13.2. The van der Waals surface area contributed by atoms with Crippen molar-refractivity contribution >= 4 is 17.7 Å². The van der Waals surface area contributed by atoms with Gasteiger partial charge >= 0.3 is 5.97 Å². The SMILES string of the molecule is CC1CCC(N(C)C(=O)COC(=O)c2ccccc2C(=O)c2ccc3c(c2)OCCO3)CC1. The molecule has 1 saturated carbocycles. The number of ether oxygens (including phenoxy) is 3. The second kappa shape index (κ2) is 10.1. The molecule has 7 heteroatoms. The lowest BCUT2D eigenvalue weighted by atomic mass is 9.87. The molecule has 0 radical (unpaired) electrons. The van der Waals surface area contributed by atoms with Crippen LogP contribution >= 0.6 is 0 Å². The fraction of sp³-hybridized carbons (Fsp3) is 0.423. The fourth-order valence-electron chi connectivity index (χ4n) is 4.34. The van der Waals surface area contributed by atoms with E-state index in [0.717, 1.165) is 25.7 Å². The van der Waals surface area contributed by atoms with Gasteiger partial charge in [-0.05, 0) is 55.9 Å². The molecule has 0 atom stereocenters. The molecule has 1 aliphatic heterocycles. The van der Waals surface area contributed by atoms with Crippen molar-refractivity contribution in [2.24, 2.45) is 5.92 Å². The largest absolute Gasteiger partial charge is 0.486 e. The third-order valence-corrected chi connectivity index (χ3v) is 6.45. The van der Waals surface area contributed by atoms with E-state index < -0.39 is 5.97 Å². The van der Waals surface area contributed by atoms with Gasteiger partial charge in [0.25, 0.3) is 5.91 Å². The van der Waals surface area contributed by atoms with Gasteiger partial charge in [0.1, 0.15) is 13.2 Å². The zero-order valence-electron chi connectivity index (χ0n) is 19.0. The number of rotatable bonds is 6. The maximum absolute atomic E-state index is 13.2. The molecular weight excluding hydrogens is 422 g/mol. The number of nitrogens with zero attached hydrogens (tertiary/aromatic N) is 1. The summed E-state index contributed by atoms with van der Waals surface area (Å²) >= 11 is 0. The van der Waals surface area contributed by atoms with E-state index in [1.165, 1.54) is 6.07 Å². The Kier molecular flexibility index (Phi) is 6.96. The summed E-state index contributed by atoms with van der Waals surface area (Å²) in [5.74, 6) is 0.498. The van der Waals surface area contributed by atoms with Crippen LogP contribution in [-0.2, 0) is 9.53 Å². The summed E-state index contributed by atoms with van der Waals surface area (Å²) in [5, 5.41) is 0. The number of benzene rings is 2. The van der Waals surface area contributed by atoms with Gasteiger partial charge < -0.3 is 19.1 Å². The Morgan fingerprint density at radius 2 is 1.61 bits per heavy atom. The molecule has 4 rings (SSSR count). The molecule has 1 heterocycles. The number of carbonyl (C=O) groups excluding carboxylic acids is 3. The van der Waals surface area contributed by atoms with Crippen LogP contribution in [0.2, 0.25) is 0 Å². The van der Waals surface area contributed by atoms with Crippen LogP contribution < -0.4 is 9.47 Å². The summed E-state index contributed by atoms with van der Waals surface area (Å²) < 4.78 is 16.4. The van der Waals surface area contributed by atoms with Gasteiger partial charge in [-0.25, -0.2) is 4.79 Å². The molecule has 0 spiro atoms. The van der Waals surface area contributed by atoms with Gasteiger partial charge in [-0.1, -0.05) is 25.1 Å². The second-order valence-electron chi connectivity index (χ2n) is 8.73. The van der Waals surface area contributed by atoms with E-state index in [2.05, 4.69) is 6.92 Å². The molecule has 0 saturated heterocycles. The van der Waals surface area contributed by atoms with Crippen LogP contribution in [0, 0.1) is 5.92 Å². The monoisotopic (exact) mass is 451 g/mol. The predicted molar refractivity (Wildman–Crippen MR) is 122 cm³/mol. The summed E-state index contributed by atoms with van der Waals surface area (Å²) in [5.41, 5.74) is 0.711. The molecule has 2 aromatic carbocycles. The normalized spacial score (nSPS) is 19.5. The number of hydrogen-bond donors (Lipinski definition) is 0. The third-order valence-electron chi connectivity index (χ3n) is 6.45. The average Bonchev–Trinajstić information content (AvgIpc) is 2.86. The number of ketones is 1. The average molecular weight is 452 g/mol. The zero-order valence-corrected chi connectivity index (χ0v) is 19.0. The van der Waals surface area contributed by atoms with Crippen molar-refractivity contribution in [1.82, 2.24) is 4.90 Å². The Hall–Kier alpha value is -3.35. The lowest BCUT2D eigenvalue weighted by molar-refractivity contribution is -0.136. The molecule has 0 aromatic heterocycles. The maximum Gasteiger partial charge on any atom is 0.339 e. The van der Waals surface area contributed by atoms with Crippen molar-refractivity contribution in [3.05, 3.63) is 59.2 Å². The van der Waals surface area contributed by atoms with Gasteiger partial charge in [-0.3, -0.25) is 9.59 Å². The predicted octanol–water partition coefficient (Wildman–Crippen LogP) is 3.88. The van der Waals surface area contributed by atoms with Gasteiger partial charge in [-0.15, -0.1) is 0 Å². The van der Waals surface area contributed by atoms with Crippen LogP contribution in [0.3, 0.4) is 0 Å². The van der Waals surface area contributed by atoms with Crippen LogP contribution in [0.4, 0.5) is 0 Å². The molecule has 0 N–H and O–H groups in total. The van der Waals surface area contributed by atoms with Crippen LogP contribution in [-0.4, -0.2) is 55.5 Å². The highest BCUT2D eigenvalue weighted by molar-refractivity contribution is 6.14. The Morgan fingerprint density at radius 3 is 2.33 bits per heavy atom. The van der Waals surface area contributed by atoms with E-state index in [0.29, 0.717) is 36.2 Å². The molecule has 1 amide bonds. The van der Waals surface area contributed by atoms with Gasteiger partial charge in [0.05, 0.1) is 5.56 Å². The smallest absolute Gasteiger partial charge is 0.339 e. The fourth-order valence-corrected chi connectivity index (χ4v) is 4.34. The minimum absolute atomic E-state index is 0.124. The molecule has 33 heavy (non-hydrogen) atoms. The van der Waals surface area contributed by atoms with Gasteiger partial charge in [0.2, 0.25) is 0 Å². The first-order valence-corrected chi connectivity index (χ1v) is 11.4. The number of hydrogen-bond acceptors (Lipinski definition) is 6. The van der Waals surface area contributed by atoms with Crippen LogP contribution in [0.5, 0.6) is 11.5 Å². The number of likely N-dealkylation sites (N-methyl/N-ethyl adjacent to an activating group) is 1. The van der Waals surface area contributed by atoms with Crippen molar-refractivity contribution in [2.45, 2.75) is 38.6 Å². The van der Waals surface area contributed by atoms with E-state index in [1.54, 1.807) is 48.3 Å². The second-order valence-corrected chi connectivity index (χ2v) is 8.73. The first-order valence-electron chi connectivity index (χ1n) is 11.4. The number of fused-ring (bicyclic) bond motifs is 1. The molecule has 174 valence electrons. The van der Waals surface area contributed by atoms with Crippen LogP contribution in [0.1, 0.15) is 58.9 Å². The molecule has 2 aliphatic rings. The summed E-state index contributed by atoms with van der Waals surface area (Å²) in [6.07, 6.45) is 4.11. The van der Waals surface area contributed by atoms with Crippen molar-refractivity contribution in [3.63, 3.8) is 0 Å². The van der Waals surface area contributed by atoms with Gasteiger partial charge in [-0.2, -0.15) is 0 Å². The van der Waals surface area contributed by atoms with E-state index in [4.69, 9.17) is 14.2 Å². The van der Waals surface area contributed by atoms with Crippen molar-refractivity contribution in [3.8, 4) is 11.5 Å². The van der Waals surface area contributed by atoms with E-state index in [-0.39, 0.29) is 35.5 Å². The first-order chi connectivity index (χ1) is 15.9. The van der Waals surface area contributed by atoms with Gasteiger partial charge in [0.15, 0.2) is 23.9 Å². The van der Waals surface area contributed by atoms with Crippen LogP contribution in [0.25, 0.3) is 0 Å². The molecule has 1 aliphatic carbocycles. The number of carbonyl (C=O) groups is 3. The Balaban J connectivity index is 1.43. The zero-order chi connectivity index (χ0) is 23.4. The summed E-state index contributed by atoms with van der Waals surface area (Å²) in [6, 6.07) is 11.6. The lowest BCUT2D eigenvalue weighted by Gasteiger charge is -2.33. The highest BCUT2D eigenvalue weighted by Crippen LogP contribution is 2.32. The first kappa shape index (κ1) is 22.8. The summed E-state index contributed by atoms with van der Waals surface area (Å²) in [7, 11) is 1.76. The standard InChI is InChI=1S/C26H29NO6/c1-17-7-10-19(11-8-17)27(2)24(28)16-33-26(30)21-6-4-3-5-20(21)25(29)18-9-12-22-23(15-18)32-14-13-31-22/h3-6,9,12,15,17,19H,7-8,10-11,13-14,16H2,1-2H3. The highest BCUT2D eigenvalue weighted by atomic mass is 16.6. The molecule has 7 nitrogen and oxygen atoms in total. The molecule has 1 fully saturated rings. The third kappa shape index (κ3) is 5.18. The van der Waals surface area contributed by atoms with Crippen molar-refractivity contribution in [2.75, 3.05) is 26.9 Å². The van der Waals surface area contributed by atoms with E-state index in [1.807, 2.05) is 0 Å². The lowest BCUT2D eigenvalue weighted by Crippen LogP contribution is -2.41. The quantitative estimate of drug-likeness (QED) is 0.490. The van der Waals surface area contributed by atoms with E-state index in [9.17, 15) is 14.4 Å². The molecular formula is C26H29NO6. The minimum Gasteiger partial charge on any atom is -0.486 e. The van der Waals surface area contributed by atoms with Crippen molar-refractivity contribution < 1.29 is 28.6 Å². The minimum atomic E-state index is -0.699. The molecule has 2 aromatic rings. The van der Waals surface area contributed by atoms with Crippen molar-refractivity contribution in [1.29, 1.82) is 0 Å². The Labute approximate surface area is 193 Å². The van der Waals surface area contributed by atoms with Gasteiger partial charge in [0, 0.05) is 24.2 Å². The number of esters is 1. The van der Waals surface area contributed by atoms with Crippen LogP contribution in [0.15, 0.2) is 42.5 Å². The highest BCUT2D eigenvalue weighted by Gasteiger charge is 2.26. The summed E-state index contributed by atoms with van der Waals surface area (Å²) in [6.45, 7) is 2.75. The Bertz CT molecular complexity index is 1040.